The zero-order valence-corrected chi connectivity index (χ0v) is 12.3. The van der Waals surface area contributed by atoms with E-state index in [0.717, 1.165) is 31.3 Å². The Morgan fingerprint density at radius 1 is 1.42 bits per heavy atom. The van der Waals surface area contributed by atoms with Crippen molar-refractivity contribution in [3.8, 4) is 0 Å². The van der Waals surface area contributed by atoms with Gasteiger partial charge in [-0.2, -0.15) is 0 Å². The Hall–Kier alpha value is -1.18. The average molecular weight is 264 g/mol. The van der Waals surface area contributed by atoms with Crippen molar-refractivity contribution in [2.45, 2.75) is 46.5 Å². The van der Waals surface area contributed by atoms with Crippen molar-refractivity contribution in [3.63, 3.8) is 0 Å². The lowest BCUT2D eigenvalue weighted by Crippen LogP contribution is -2.35. The van der Waals surface area contributed by atoms with Crippen molar-refractivity contribution in [2.24, 2.45) is 17.3 Å². The van der Waals surface area contributed by atoms with E-state index < -0.39 is 5.83 Å². The molecule has 106 valence electrons. The minimum atomic E-state index is -0.432. The lowest BCUT2D eigenvalue weighted by atomic mass is 9.58. The Morgan fingerprint density at radius 2 is 2.00 bits per heavy atom. The summed E-state index contributed by atoms with van der Waals surface area (Å²) in [6.45, 7) is 13.1. The smallest absolute Gasteiger partial charge is 0.132 e. The van der Waals surface area contributed by atoms with E-state index >= 15 is 0 Å². The molecule has 0 aromatic rings. The summed E-state index contributed by atoms with van der Waals surface area (Å²) in [5, 5.41) is 0. The summed E-state index contributed by atoms with van der Waals surface area (Å²) in [6, 6.07) is 0. The van der Waals surface area contributed by atoms with E-state index in [2.05, 4.69) is 20.1 Å². The Bertz CT molecular complexity index is 399. The van der Waals surface area contributed by atoms with Gasteiger partial charge in [0.15, 0.2) is 0 Å². The molecule has 1 atom stereocenters. The molecule has 1 unspecified atom stereocenters. The predicted octanol–water partition coefficient (Wildman–Crippen LogP) is 5.00. The van der Waals surface area contributed by atoms with Crippen molar-refractivity contribution in [2.75, 3.05) is 0 Å². The van der Waals surface area contributed by atoms with Crippen molar-refractivity contribution in [1.29, 1.82) is 0 Å². The molecule has 1 saturated carbocycles. The van der Waals surface area contributed by atoms with E-state index in [9.17, 15) is 9.18 Å². The van der Waals surface area contributed by atoms with Crippen LogP contribution in [0, 0.1) is 17.3 Å². The number of rotatable bonds is 7. The first-order valence-corrected chi connectivity index (χ1v) is 6.95. The van der Waals surface area contributed by atoms with Gasteiger partial charge in [-0.25, -0.2) is 4.39 Å². The molecule has 0 aromatic carbocycles. The van der Waals surface area contributed by atoms with Crippen LogP contribution < -0.4 is 0 Å². The molecule has 0 aromatic heterocycles. The number of hydrogen-bond donors (Lipinski definition) is 0. The number of Topliss-reactive ketones (excluding diaryl/α,β-unsaturated/α-hetero) is 1. The molecule has 1 fully saturated rings. The van der Waals surface area contributed by atoms with Gasteiger partial charge in [0.1, 0.15) is 11.6 Å². The van der Waals surface area contributed by atoms with Gasteiger partial charge in [0.05, 0.1) is 0 Å². The monoisotopic (exact) mass is 264 g/mol. The summed E-state index contributed by atoms with van der Waals surface area (Å²) in [4.78, 5) is 11.2. The molecule has 1 aliphatic rings. The summed E-state index contributed by atoms with van der Waals surface area (Å²) >= 11 is 0. The molecular weight excluding hydrogens is 239 g/mol. The van der Waals surface area contributed by atoms with Gasteiger partial charge in [-0.05, 0) is 50.0 Å². The minimum absolute atomic E-state index is 0.161. The molecule has 0 spiro atoms. The first kappa shape index (κ1) is 15.9. The maximum Gasteiger partial charge on any atom is 0.132 e. The highest BCUT2D eigenvalue weighted by atomic mass is 19.1. The average Bonchev–Trinajstić information content (AvgIpc) is 2.29. The van der Waals surface area contributed by atoms with Gasteiger partial charge in [-0.15, -0.1) is 0 Å². The number of allylic oxidation sites excluding steroid dienone is 4. The highest BCUT2D eigenvalue weighted by Gasteiger charge is 2.40. The highest BCUT2D eigenvalue weighted by molar-refractivity contribution is 5.77. The van der Waals surface area contributed by atoms with Crippen molar-refractivity contribution >= 4 is 5.78 Å². The second-order valence-corrected chi connectivity index (χ2v) is 6.32. The van der Waals surface area contributed by atoms with Gasteiger partial charge in [0.2, 0.25) is 0 Å². The van der Waals surface area contributed by atoms with Gasteiger partial charge >= 0.3 is 0 Å². The Labute approximate surface area is 116 Å². The Balaban J connectivity index is 2.37. The zero-order valence-electron chi connectivity index (χ0n) is 12.3. The van der Waals surface area contributed by atoms with Crippen LogP contribution >= 0.6 is 0 Å². The molecule has 1 nitrogen and oxygen atoms in total. The van der Waals surface area contributed by atoms with Crippen LogP contribution in [0.1, 0.15) is 46.5 Å². The Morgan fingerprint density at radius 3 is 2.47 bits per heavy atom. The summed E-state index contributed by atoms with van der Waals surface area (Å²) in [6.07, 6.45) is 7.30. The number of carbonyl (C=O) groups is 1. The molecule has 19 heavy (non-hydrogen) atoms. The van der Waals surface area contributed by atoms with Gasteiger partial charge in [0.25, 0.3) is 0 Å². The van der Waals surface area contributed by atoms with Crippen LogP contribution in [-0.2, 0) is 4.79 Å². The first-order valence-electron chi connectivity index (χ1n) is 6.95. The van der Waals surface area contributed by atoms with Crippen LogP contribution in [0.25, 0.3) is 0 Å². The Kier molecular flexibility index (Phi) is 5.28. The lowest BCUT2D eigenvalue weighted by Gasteiger charge is -2.46. The standard InChI is InChI=1S/C17H25FO/c1-12(15(4)19)8-9-17(5)10-16(11-17)13(2)6-7-14(3)18/h6-7,12,16H,2-3,8-11H2,1,4-5H3/b7-6-. The second-order valence-electron chi connectivity index (χ2n) is 6.32. The number of hydrogen-bond acceptors (Lipinski definition) is 1. The predicted molar refractivity (Wildman–Crippen MR) is 78.4 cm³/mol. The van der Waals surface area contributed by atoms with Gasteiger partial charge in [0, 0.05) is 5.92 Å². The van der Waals surface area contributed by atoms with Crippen molar-refractivity contribution < 1.29 is 9.18 Å². The molecule has 0 aliphatic heterocycles. The van der Waals surface area contributed by atoms with Gasteiger partial charge < -0.3 is 0 Å². The largest absolute Gasteiger partial charge is 0.300 e. The lowest BCUT2D eigenvalue weighted by molar-refractivity contribution is -0.120. The van der Waals surface area contributed by atoms with Crippen LogP contribution in [0.2, 0.25) is 0 Å². The molecule has 0 N–H and O–H groups in total. The molecule has 1 aliphatic carbocycles. The van der Waals surface area contributed by atoms with Crippen LogP contribution in [0.5, 0.6) is 0 Å². The molecule has 2 heteroatoms. The van der Waals surface area contributed by atoms with Crippen LogP contribution in [0.4, 0.5) is 4.39 Å². The fourth-order valence-corrected chi connectivity index (χ4v) is 2.70. The number of halogens is 1. The summed E-state index contributed by atoms with van der Waals surface area (Å²) in [7, 11) is 0. The van der Waals surface area contributed by atoms with E-state index in [-0.39, 0.29) is 11.7 Å². The molecule has 1 rings (SSSR count). The molecular formula is C17H25FO. The molecule has 0 saturated heterocycles. The molecule has 0 bridgehead atoms. The topological polar surface area (TPSA) is 17.1 Å². The van der Waals surface area contributed by atoms with E-state index in [1.807, 2.05) is 6.92 Å². The summed E-state index contributed by atoms with van der Waals surface area (Å²) in [5.74, 6) is 0.453. The third-order valence-corrected chi connectivity index (χ3v) is 4.36. The third-order valence-electron chi connectivity index (χ3n) is 4.36. The van der Waals surface area contributed by atoms with E-state index in [1.54, 1.807) is 13.0 Å². The molecule has 0 heterocycles. The number of ketones is 1. The normalized spacial score (nSPS) is 27.9. The van der Waals surface area contributed by atoms with E-state index in [4.69, 9.17) is 0 Å². The van der Waals surface area contributed by atoms with Crippen LogP contribution in [0.15, 0.2) is 36.7 Å². The van der Waals surface area contributed by atoms with Gasteiger partial charge in [-0.1, -0.05) is 38.7 Å². The first-order chi connectivity index (χ1) is 8.73. The van der Waals surface area contributed by atoms with Gasteiger partial charge in [-0.3, -0.25) is 4.79 Å². The van der Waals surface area contributed by atoms with Crippen LogP contribution in [-0.4, -0.2) is 5.78 Å². The fraction of sp³-hybridized carbons (Fsp3) is 0.588. The highest BCUT2D eigenvalue weighted by Crippen LogP contribution is 2.51. The van der Waals surface area contributed by atoms with Crippen LogP contribution in [0.3, 0.4) is 0 Å². The quantitative estimate of drug-likeness (QED) is 0.591. The van der Waals surface area contributed by atoms with E-state index in [1.165, 1.54) is 6.08 Å². The molecule has 0 amide bonds. The van der Waals surface area contributed by atoms with Crippen molar-refractivity contribution in [3.05, 3.63) is 36.7 Å². The van der Waals surface area contributed by atoms with Crippen molar-refractivity contribution in [1.82, 2.24) is 0 Å². The SMILES string of the molecule is C=C(F)/C=C\C(=C)C1CC(C)(CCC(C)C(C)=O)C1. The summed E-state index contributed by atoms with van der Waals surface area (Å²) in [5.41, 5.74) is 1.30. The fourth-order valence-electron chi connectivity index (χ4n) is 2.70. The summed E-state index contributed by atoms with van der Waals surface area (Å²) < 4.78 is 12.5. The second kappa shape index (κ2) is 6.31. The zero-order chi connectivity index (χ0) is 14.6. The van der Waals surface area contributed by atoms with E-state index in [0.29, 0.717) is 11.3 Å². The minimum Gasteiger partial charge on any atom is -0.300 e. The maximum atomic E-state index is 12.5. The third kappa shape index (κ3) is 4.77. The maximum absolute atomic E-state index is 12.5. The number of carbonyl (C=O) groups excluding carboxylic acids is 1. The molecule has 0 radical (unpaired) electrons.